The highest BCUT2D eigenvalue weighted by Gasteiger charge is 2.36. The van der Waals surface area contributed by atoms with Crippen LogP contribution in [0.25, 0.3) is 0 Å². The molecular formula is C22H14I4N2O3S. The zero-order valence-corrected chi connectivity index (χ0v) is 25.6. The molecule has 1 aliphatic heterocycles. The number of rotatable bonds is 5. The van der Waals surface area contributed by atoms with Crippen molar-refractivity contribution < 1.29 is 14.6 Å². The van der Waals surface area contributed by atoms with Gasteiger partial charge in [-0.3, -0.25) is 9.69 Å². The standard InChI is InChI=1S/C22H14I4N2O3S/c23-14-9-13(10-15(24)19(14)29)31-20-16(25)6-11(7-17(20)26)8-18-21(30)28(22(32)27-18)12-4-2-1-3-5-12/h1-7,9-10,18,29H,8H2,(H,27,32). The number of amides is 1. The van der Waals surface area contributed by atoms with E-state index in [1.165, 1.54) is 0 Å². The van der Waals surface area contributed by atoms with Crippen LogP contribution >= 0.6 is 103 Å². The van der Waals surface area contributed by atoms with Gasteiger partial charge in [-0.25, -0.2) is 0 Å². The van der Waals surface area contributed by atoms with E-state index < -0.39 is 6.04 Å². The number of nitrogens with zero attached hydrogens (tertiary/aromatic N) is 1. The number of phenols is 1. The summed E-state index contributed by atoms with van der Waals surface area (Å²) in [4.78, 5) is 14.6. The van der Waals surface area contributed by atoms with Gasteiger partial charge in [0.05, 0.1) is 20.0 Å². The lowest BCUT2D eigenvalue weighted by Gasteiger charge is -2.15. The van der Waals surface area contributed by atoms with E-state index in [0.29, 0.717) is 17.3 Å². The fourth-order valence-electron chi connectivity index (χ4n) is 3.27. The van der Waals surface area contributed by atoms with E-state index in [0.717, 1.165) is 31.3 Å². The summed E-state index contributed by atoms with van der Waals surface area (Å²) < 4.78 is 9.49. The van der Waals surface area contributed by atoms with Crippen LogP contribution in [0.5, 0.6) is 17.2 Å². The van der Waals surface area contributed by atoms with E-state index in [1.54, 1.807) is 17.0 Å². The third kappa shape index (κ3) is 5.27. The number of halogens is 4. The summed E-state index contributed by atoms with van der Waals surface area (Å²) in [7, 11) is 0. The molecule has 0 radical (unpaired) electrons. The third-order valence-corrected chi connectivity index (χ3v) is 8.29. The summed E-state index contributed by atoms with van der Waals surface area (Å²) >= 11 is 14.1. The van der Waals surface area contributed by atoms with E-state index in [4.69, 9.17) is 17.0 Å². The van der Waals surface area contributed by atoms with Crippen LogP contribution in [0, 0.1) is 14.3 Å². The van der Waals surface area contributed by atoms with Crippen molar-refractivity contribution in [2.24, 2.45) is 0 Å². The van der Waals surface area contributed by atoms with Gasteiger partial charge in [-0.15, -0.1) is 0 Å². The number of phenolic OH excluding ortho intramolecular Hbond substituents is 1. The number of para-hydroxylation sites is 1. The molecule has 0 aromatic heterocycles. The number of thiocarbonyl (C=S) groups is 1. The molecule has 1 saturated heterocycles. The van der Waals surface area contributed by atoms with Crippen molar-refractivity contribution in [2.45, 2.75) is 12.5 Å². The van der Waals surface area contributed by atoms with Gasteiger partial charge in [0.1, 0.15) is 17.5 Å². The predicted molar refractivity (Wildman–Crippen MR) is 163 cm³/mol. The molecule has 1 unspecified atom stereocenters. The lowest BCUT2D eigenvalue weighted by Crippen LogP contribution is -2.32. The number of anilines is 1. The molecule has 164 valence electrons. The second-order valence-electron chi connectivity index (χ2n) is 6.94. The van der Waals surface area contributed by atoms with Gasteiger partial charge in [-0.05, 0) is 145 Å². The molecule has 0 bridgehead atoms. The molecular weight excluding hydrogens is 880 g/mol. The fraction of sp³-hybridized carbons (Fsp3) is 0.0909. The van der Waals surface area contributed by atoms with Crippen LogP contribution in [0.2, 0.25) is 0 Å². The molecule has 10 heteroatoms. The highest BCUT2D eigenvalue weighted by molar-refractivity contribution is 14.1. The van der Waals surface area contributed by atoms with E-state index in [1.807, 2.05) is 42.5 Å². The molecule has 1 atom stereocenters. The molecule has 32 heavy (non-hydrogen) atoms. The summed E-state index contributed by atoms with van der Waals surface area (Å²) in [5.74, 6) is 1.62. The first-order valence-electron chi connectivity index (χ1n) is 9.28. The molecule has 1 heterocycles. The minimum absolute atomic E-state index is 0.0558. The molecule has 0 aliphatic carbocycles. The van der Waals surface area contributed by atoms with E-state index >= 15 is 0 Å². The number of carbonyl (C=O) groups is 1. The van der Waals surface area contributed by atoms with E-state index in [9.17, 15) is 9.90 Å². The van der Waals surface area contributed by atoms with Gasteiger partial charge in [0.2, 0.25) is 0 Å². The first-order chi connectivity index (χ1) is 15.2. The number of carbonyl (C=O) groups excluding carboxylic acids is 1. The molecule has 0 saturated carbocycles. The molecule has 3 aromatic carbocycles. The van der Waals surface area contributed by atoms with Crippen LogP contribution in [-0.2, 0) is 11.2 Å². The van der Waals surface area contributed by atoms with Crippen LogP contribution < -0.4 is 15.0 Å². The normalized spacial score (nSPS) is 15.8. The highest BCUT2D eigenvalue weighted by Crippen LogP contribution is 2.37. The molecule has 1 amide bonds. The Morgan fingerprint density at radius 1 is 0.969 bits per heavy atom. The average molecular weight is 894 g/mol. The predicted octanol–water partition coefficient (Wildman–Crippen LogP) is 6.44. The minimum atomic E-state index is -0.415. The second-order valence-corrected chi connectivity index (χ2v) is 12.0. The Morgan fingerprint density at radius 3 is 2.16 bits per heavy atom. The summed E-state index contributed by atoms with van der Waals surface area (Å²) in [6.45, 7) is 0. The van der Waals surface area contributed by atoms with Crippen LogP contribution in [0.1, 0.15) is 5.56 Å². The van der Waals surface area contributed by atoms with Crippen molar-refractivity contribution in [1.29, 1.82) is 0 Å². The maximum Gasteiger partial charge on any atom is 0.256 e. The lowest BCUT2D eigenvalue weighted by molar-refractivity contribution is -0.118. The smallest absolute Gasteiger partial charge is 0.256 e. The number of hydrogen-bond acceptors (Lipinski definition) is 4. The van der Waals surface area contributed by atoms with Crippen LogP contribution in [0.3, 0.4) is 0 Å². The zero-order chi connectivity index (χ0) is 23.0. The Labute approximate surface area is 245 Å². The SMILES string of the molecule is O=C1C(Cc2cc(I)c(Oc3cc(I)c(O)c(I)c3)c(I)c2)NC(=S)N1c1ccccc1. The Hall–Kier alpha value is -0.460. The fourth-order valence-corrected chi connectivity index (χ4v) is 7.44. The van der Waals surface area contributed by atoms with Crippen LogP contribution in [0.4, 0.5) is 5.69 Å². The Bertz CT molecular complexity index is 1180. The molecule has 4 rings (SSSR count). The lowest BCUT2D eigenvalue weighted by atomic mass is 10.1. The van der Waals surface area contributed by atoms with Crippen molar-refractivity contribution >= 4 is 119 Å². The Balaban J connectivity index is 1.54. The van der Waals surface area contributed by atoms with Gasteiger partial charge in [-0.2, -0.15) is 0 Å². The Kier molecular flexibility index (Phi) is 8.04. The number of benzene rings is 3. The summed E-state index contributed by atoms with van der Waals surface area (Å²) in [6.07, 6.45) is 0.517. The topological polar surface area (TPSA) is 61.8 Å². The molecule has 3 aromatic rings. The maximum atomic E-state index is 13.0. The first-order valence-corrected chi connectivity index (χ1v) is 14.0. The second kappa shape index (κ2) is 10.4. The van der Waals surface area contributed by atoms with Crippen molar-refractivity contribution in [3.8, 4) is 17.2 Å². The molecule has 1 aliphatic rings. The van der Waals surface area contributed by atoms with Gasteiger partial charge in [0, 0.05) is 6.42 Å². The van der Waals surface area contributed by atoms with Gasteiger partial charge < -0.3 is 15.2 Å². The molecule has 5 nitrogen and oxygen atoms in total. The van der Waals surface area contributed by atoms with Gasteiger partial charge in [0.15, 0.2) is 10.9 Å². The maximum absolute atomic E-state index is 13.0. The molecule has 1 fully saturated rings. The average Bonchev–Trinajstić information content (AvgIpc) is 3.02. The van der Waals surface area contributed by atoms with Crippen molar-refractivity contribution in [3.63, 3.8) is 0 Å². The Morgan fingerprint density at radius 2 is 1.56 bits per heavy atom. The molecule has 2 N–H and O–H groups in total. The summed E-state index contributed by atoms with van der Waals surface area (Å²) in [6, 6.07) is 16.7. The summed E-state index contributed by atoms with van der Waals surface area (Å²) in [5.41, 5.74) is 1.79. The third-order valence-electron chi connectivity index (χ3n) is 4.74. The van der Waals surface area contributed by atoms with E-state index in [-0.39, 0.29) is 11.7 Å². The van der Waals surface area contributed by atoms with Crippen molar-refractivity contribution in [2.75, 3.05) is 4.90 Å². The van der Waals surface area contributed by atoms with Gasteiger partial charge >= 0.3 is 0 Å². The zero-order valence-electron chi connectivity index (χ0n) is 16.1. The van der Waals surface area contributed by atoms with Crippen molar-refractivity contribution in [3.05, 3.63) is 74.4 Å². The highest BCUT2D eigenvalue weighted by atomic mass is 127. The number of nitrogens with one attached hydrogen (secondary N) is 1. The minimum Gasteiger partial charge on any atom is -0.506 e. The first kappa shape index (κ1) is 24.7. The number of aromatic hydroxyl groups is 1. The van der Waals surface area contributed by atoms with Gasteiger partial charge in [-0.1, -0.05) is 18.2 Å². The number of ether oxygens (including phenoxy) is 1. The largest absolute Gasteiger partial charge is 0.506 e. The summed E-state index contributed by atoms with van der Waals surface area (Å²) in [5, 5.41) is 13.6. The van der Waals surface area contributed by atoms with Gasteiger partial charge in [0.25, 0.3) is 5.91 Å². The monoisotopic (exact) mass is 894 g/mol. The van der Waals surface area contributed by atoms with Crippen LogP contribution in [-0.4, -0.2) is 22.2 Å². The quantitative estimate of drug-likeness (QED) is 0.229. The van der Waals surface area contributed by atoms with Crippen LogP contribution in [0.15, 0.2) is 54.6 Å². The number of hydrogen-bond donors (Lipinski definition) is 2. The van der Waals surface area contributed by atoms with E-state index in [2.05, 4.69) is 95.7 Å². The molecule has 0 spiro atoms. The van der Waals surface area contributed by atoms with Crippen molar-refractivity contribution in [1.82, 2.24) is 5.32 Å².